The van der Waals surface area contributed by atoms with Crippen molar-refractivity contribution in [3.05, 3.63) is 35.1 Å². The summed E-state index contributed by atoms with van der Waals surface area (Å²) in [5, 5.41) is 0. The second-order valence-corrected chi connectivity index (χ2v) is 5.11. The molecule has 0 saturated heterocycles. The summed E-state index contributed by atoms with van der Waals surface area (Å²) in [5.74, 6) is 0.140. The predicted molar refractivity (Wildman–Crippen MR) is 82.4 cm³/mol. The Morgan fingerprint density at radius 1 is 1.05 bits per heavy atom. The molecule has 0 radical (unpaired) electrons. The van der Waals surface area contributed by atoms with Crippen molar-refractivity contribution in [2.45, 2.75) is 52.9 Å². The Morgan fingerprint density at radius 3 is 2.30 bits per heavy atom. The fourth-order valence-corrected chi connectivity index (χ4v) is 1.81. The van der Waals surface area contributed by atoms with Crippen LogP contribution in [-0.2, 0) is 14.3 Å². The molecule has 0 saturated carbocycles. The Balaban J connectivity index is 4.63. The van der Waals surface area contributed by atoms with Crippen LogP contribution in [-0.4, -0.2) is 19.2 Å². The molecule has 0 heterocycles. The summed E-state index contributed by atoms with van der Waals surface area (Å²) in [6.07, 6.45) is 10.0. The van der Waals surface area contributed by atoms with E-state index in [4.69, 9.17) is 4.74 Å². The Labute approximate surface area is 122 Å². The van der Waals surface area contributed by atoms with Gasteiger partial charge in [-0.2, -0.15) is 0 Å². The molecule has 0 aromatic heterocycles. The molecule has 0 unspecified atom stereocenters. The molecular formula is C17H26O3. The maximum atomic E-state index is 12.2. The van der Waals surface area contributed by atoms with Crippen molar-refractivity contribution in [2.75, 3.05) is 7.11 Å². The van der Waals surface area contributed by atoms with E-state index >= 15 is 0 Å². The Bertz CT molecular complexity index is 396. The molecule has 3 heteroatoms. The number of allylic oxidation sites excluding steroid dienone is 5. The van der Waals surface area contributed by atoms with Crippen LogP contribution in [0.1, 0.15) is 52.9 Å². The quantitative estimate of drug-likeness (QED) is 0.198. The first-order valence-corrected chi connectivity index (χ1v) is 7.04. The molecule has 0 spiro atoms. The van der Waals surface area contributed by atoms with Crippen molar-refractivity contribution >= 4 is 12.1 Å². The van der Waals surface area contributed by atoms with Gasteiger partial charge in [-0.25, -0.2) is 0 Å². The summed E-state index contributed by atoms with van der Waals surface area (Å²) in [4.78, 5) is 22.4. The van der Waals surface area contributed by atoms with Gasteiger partial charge < -0.3 is 9.53 Å². The topological polar surface area (TPSA) is 43.4 Å². The second-order valence-electron chi connectivity index (χ2n) is 5.11. The van der Waals surface area contributed by atoms with Crippen LogP contribution in [0.5, 0.6) is 0 Å². The van der Waals surface area contributed by atoms with Gasteiger partial charge in [0.2, 0.25) is 0 Å². The largest absolute Gasteiger partial charge is 0.504 e. The number of rotatable bonds is 10. The lowest BCUT2D eigenvalue weighted by atomic mass is 10.0. The van der Waals surface area contributed by atoms with Crippen LogP contribution in [0.2, 0.25) is 0 Å². The highest BCUT2D eigenvalue weighted by Crippen LogP contribution is 2.13. The molecule has 0 N–H and O–H groups in total. The van der Waals surface area contributed by atoms with Gasteiger partial charge in [0.15, 0.2) is 5.78 Å². The maximum absolute atomic E-state index is 12.2. The number of unbranched alkanes of at least 4 members (excludes halogenated alkanes) is 3. The second kappa shape index (κ2) is 11.2. The monoisotopic (exact) mass is 278 g/mol. The molecule has 112 valence electrons. The van der Waals surface area contributed by atoms with Crippen molar-refractivity contribution in [1.29, 1.82) is 0 Å². The van der Waals surface area contributed by atoms with E-state index in [1.165, 1.54) is 0 Å². The average molecular weight is 278 g/mol. The predicted octanol–water partition coefficient (Wildman–Crippen LogP) is 4.15. The van der Waals surface area contributed by atoms with Crippen molar-refractivity contribution in [2.24, 2.45) is 0 Å². The van der Waals surface area contributed by atoms with Crippen LogP contribution in [0.4, 0.5) is 0 Å². The van der Waals surface area contributed by atoms with Crippen LogP contribution < -0.4 is 0 Å². The van der Waals surface area contributed by atoms with Gasteiger partial charge >= 0.3 is 0 Å². The van der Waals surface area contributed by atoms with Gasteiger partial charge in [0.05, 0.1) is 13.4 Å². The lowest BCUT2D eigenvalue weighted by Crippen LogP contribution is -2.01. The number of methoxy groups -OCH3 is 1. The Kier molecular flexibility index (Phi) is 10.3. The molecule has 0 aliphatic carbocycles. The molecule has 0 fully saturated rings. The highest BCUT2D eigenvalue weighted by molar-refractivity contribution is 5.98. The molecule has 0 amide bonds. The SMILES string of the molecule is CO/C=C(C)/C=C(\C=C(C)C)C(=O)CCCCCC=O. The minimum Gasteiger partial charge on any atom is -0.504 e. The normalized spacial score (nSPS) is 12.0. The van der Waals surface area contributed by atoms with Gasteiger partial charge in [-0.05, 0) is 45.3 Å². The van der Waals surface area contributed by atoms with Crippen LogP contribution in [0, 0.1) is 0 Å². The molecule has 0 aliphatic rings. The Morgan fingerprint density at radius 2 is 1.75 bits per heavy atom. The van der Waals surface area contributed by atoms with Crippen molar-refractivity contribution in [1.82, 2.24) is 0 Å². The molecule has 20 heavy (non-hydrogen) atoms. The summed E-state index contributed by atoms with van der Waals surface area (Å²) < 4.78 is 4.94. The van der Waals surface area contributed by atoms with Gasteiger partial charge in [-0.3, -0.25) is 4.79 Å². The summed E-state index contributed by atoms with van der Waals surface area (Å²) >= 11 is 0. The van der Waals surface area contributed by atoms with Gasteiger partial charge in [-0.15, -0.1) is 0 Å². The van der Waals surface area contributed by atoms with E-state index in [9.17, 15) is 9.59 Å². The van der Waals surface area contributed by atoms with Crippen LogP contribution in [0.25, 0.3) is 0 Å². The number of hydrogen-bond acceptors (Lipinski definition) is 3. The molecule has 0 atom stereocenters. The van der Waals surface area contributed by atoms with Gasteiger partial charge in [0.25, 0.3) is 0 Å². The number of carbonyl (C=O) groups excluding carboxylic acids is 2. The van der Waals surface area contributed by atoms with Crippen molar-refractivity contribution in [3.63, 3.8) is 0 Å². The molecule has 0 rings (SSSR count). The summed E-state index contributed by atoms with van der Waals surface area (Å²) in [6.45, 7) is 5.85. The number of carbonyl (C=O) groups is 2. The molecule has 0 aliphatic heterocycles. The van der Waals surface area contributed by atoms with E-state index < -0.39 is 0 Å². The lowest BCUT2D eigenvalue weighted by Gasteiger charge is -2.04. The van der Waals surface area contributed by atoms with Gasteiger partial charge in [-0.1, -0.05) is 18.1 Å². The summed E-state index contributed by atoms with van der Waals surface area (Å²) in [5.41, 5.74) is 2.72. The molecule has 0 aromatic rings. The molecule has 0 aromatic carbocycles. The average Bonchev–Trinajstić information content (AvgIpc) is 2.37. The zero-order chi connectivity index (χ0) is 15.4. The standard InChI is InChI=1S/C17H26O3/c1-14(2)11-16(12-15(3)13-20-4)17(19)9-7-5-6-8-10-18/h10-13H,5-9H2,1-4H3/b15-13+,16-12+. The van der Waals surface area contributed by atoms with Crippen molar-refractivity contribution in [3.8, 4) is 0 Å². The first-order valence-electron chi connectivity index (χ1n) is 7.04. The number of hydrogen-bond donors (Lipinski definition) is 0. The highest BCUT2D eigenvalue weighted by Gasteiger charge is 2.07. The number of ketones is 1. The minimum atomic E-state index is 0.140. The Hall–Kier alpha value is -1.64. The van der Waals surface area contributed by atoms with Crippen LogP contribution in [0.3, 0.4) is 0 Å². The van der Waals surface area contributed by atoms with E-state index in [1.807, 2.05) is 32.9 Å². The van der Waals surface area contributed by atoms with E-state index in [0.29, 0.717) is 18.4 Å². The fourth-order valence-electron chi connectivity index (χ4n) is 1.81. The first-order chi connectivity index (χ1) is 9.51. The van der Waals surface area contributed by atoms with Crippen LogP contribution >= 0.6 is 0 Å². The number of aldehydes is 1. The smallest absolute Gasteiger partial charge is 0.162 e. The highest BCUT2D eigenvalue weighted by atomic mass is 16.5. The molecule has 0 bridgehead atoms. The summed E-state index contributed by atoms with van der Waals surface area (Å²) in [7, 11) is 1.59. The number of Topliss-reactive ketones (excluding diaryl/α,β-unsaturated/α-hetero) is 1. The minimum absolute atomic E-state index is 0.140. The van der Waals surface area contributed by atoms with Crippen molar-refractivity contribution < 1.29 is 14.3 Å². The zero-order valence-corrected chi connectivity index (χ0v) is 13.1. The van der Waals surface area contributed by atoms with E-state index in [0.717, 1.165) is 36.7 Å². The van der Waals surface area contributed by atoms with Gasteiger partial charge in [0.1, 0.15) is 6.29 Å². The fraction of sp³-hybridized carbons (Fsp3) is 0.529. The molecule has 3 nitrogen and oxygen atoms in total. The van der Waals surface area contributed by atoms with Gasteiger partial charge in [0, 0.05) is 18.4 Å². The maximum Gasteiger partial charge on any atom is 0.162 e. The van der Waals surface area contributed by atoms with E-state index in [2.05, 4.69) is 0 Å². The third kappa shape index (κ3) is 9.31. The zero-order valence-electron chi connectivity index (χ0n) is 13.1. The number of ether oxygens (including phenoxy) is 1. The third-order valence-electron chi connectivity index (χ3n) is 2.68. The van der Waals surface area contributed by atoms with E-state index in [1.54, 1.807) is 13.4 Å². The third-order valence-corrected chi connectivity index (χ3v) is 2.68. The molecular weight excluding hydrogens is 252 g/mol. The first kappa shape index (κ1) is 18.4. The summed E-state index contributed by atoms with van der Waals surface area (Å²) in [6, 6.07) is 0. The lowest BCUT2D eigenvalue weighted by molar-refractivity contribution is -0.115. The van der Waals surface area contributed by atoms with E-state index in [-0.39, 0.29) is 5.78 Å². The van der Waals surface area contributed by atoms with Crippen LogP contribution in [0.15, 0.2) is 35.1 Å².